The minimum absolute atomic E-state index is 0.174. The molecule has 0 rings (SSSR count). The maximum atomic E-state index is 5.63. The van der Waals surface area contributed by atoms with Crippen molar-refractivity contribution in [3.8, 4) is 0 Å². The number of rotatable bonds is 1. The van der Waals surface area contributed by atoms with Crippen molar-refractivity contribution in [1.82, 2.24) is 0 Å². The molecule has 0 spiro atoms. The van der Waals surface area contributed by atoms with E-state index in [1.807, 2.05) is 13.8 Å². The van der Waals surface area contributed by atoms with Crippen molar-refractivity contribution in [1.29, 1.82) is 0 Å². The van der Waals surface area contributed by atoms with Crippen LogP contribution in [-0.2, 0) is 0 Å². The van der Waals surface area contributed by atoms with Gasteiger partial charge in [0.05, 0.1) is 3.78 Å². The summed E-state index contributed by atoms with van der Waals surface area (Å²) in [4.78, 5) is 0. The topological polar surface area (TPSA) is 0 Å². The molecule has 0 aromatic heterocycles. The molecule has 0 saturated carbocycles. The smallest absolute Gasteiger partial charge is 0.0962 e. The van der Waals surface area contributed by atoms with E-state index in [0.717, 1.165) is 6.42 Å². The van der Waals surface area contributed by atoms with E-state index in [0.29, 0.717) is 0 Å². The number of alkyl halides is 2. The van der Waals surface area contributed by atoms with Gasteiger partial charge in [-0.1, -0.05) is 22.9 Å². The summed E-state index contributed by atoms with van der Waals surface area (Å²) >= 11 is 8.88. The van der Waals surface area contributed by atoms with Gasteiger partial charge in [-0.15, -0.1) is 11.6 Å². The first-order chi connectivity index (χ1) is 2.56. The molecule has 6 heavy (non-hydrogen) atoms. The monoisotopic (exact) mass is 170 g/mol. The van der Waals surface area contributed by atoms with Crippen molar-refractivity contribution in [2.75, 3.05) is 0 Å². The highest BCUT2D eigenvalue weighted by molar-refractivity contribution is 9.10. The van der Waals surface area contributed by atoms with Gasteiger partial charge in [-0.3, -0.25) is 0 Å². The Morgan fingerprint density at radius 3 is 2.00 bits per heavy atom. The summed E-state index contributed by atoms with van der Waals surface area (Å²) in [6, 6.07) is 0. The second-order valence-electron chi connectivity index (χ2n) is 1.42. The molecule has 0 radical (unpaired) electrons. The molecule has 0 N–H and O–H groups in total. The predicted molar refractivity (Wildman–Crippen MR) is 33.5 cm³/mol. The normalized spacial score (nSPS) is 20.0. The first-order valence-electron chi connectivity index (χ1n) is 1.94. The first kappa shape index (κ1) is 6.77. The summed E-state index contributed by atoms with van der Waals surface area (Å²) in [5, 5.41) is 0. The van der Waals surface area contributed by atoms with E-state index in [1.54, 1.807) is 0 Å². The Labute approximate surface area is 52.0 Å². The summed E-state index contributed by atoms with van der Waals surface area (Å²) in [7, 11) is 0. The van der Waals surface area contributed by atoms with E-state index in [4.69, 9.17) is 11.6 Å². The van der Waals surface area contributed by atoms with Crippen LogP contribution >= 0.6 is 27.5 Å². The van der Waals surface area contributed by atoms with Gasteiger partial charge >= 0.3 is 0 Å². The third-order valence-electron chi connectivity index (χ3n) is 0.621. The van der Waals surface area contributed by atoms with E-state index in [-0.39, 0.29) is 3.78 Å². The Morgan fingerprint density at radius 2 is 2.00 bits per heavy atom. The number of hydrogen-bond acceptors (Lipinski definition) is 0. The van der Waals surface area contributed by atoms with Crippen molar-refractivity contribution in [3.63, 3.8) is 0 Å². The fraction of sp³-hybridized carbons (Fsp3) is 1.00. The summed E-state index contributed by atoms with van der Waals surface area (Å²) in [5.41, 5.74) is 0. The van der Waals surface area contributed by atoms with Crippen LogP contribution in [0, 0.1) is 0 Å². The maximum absolute atomic E-state index is 5.63. The molecule has 1 atom stereocenters. The predicted octanol–water partition coefficient (Wildman–Crippen LogP) is 2.75. The van der Waals surface area contributed by atoms with E-state index < -0.39 is 0 Å². The zero-order valence-corrected chi connectivity index (χ0v) is 6.30. The molecule has 2 heteroatoms. The largest absolute Gasteiger partial charge is 0.107 e. The van der Waals surface area contributed by atoms with Gasteiger partial charge in [-0.05, 0) is 13.3 Å². The van der Waals surface area contributed by atoms with Gasteiger partial charge in [0.25, 0.3) is 0 Å². The van der Waals surface area contributed by atoms with Crippen molar-refractivity contribution in [3.05, 3.63) is 0 Å². The molecule has 38 valence electrons. The molecule has 0 unspecified atom stereocenters. The van der Waals surface area contributed by atoms with Crippen LogP contribution in [0.3, 0.4) is 0 Å². The van der Waals surface area contributed by atoms with Gasteiger partial charge < -0.3 is 0 Å². The molecule has 0 bridgehead atoms. The molecule has 0 aromatic carbocycles. The van der Waals surface area contributed by atoms with E-state index in [9.17, 15) is 0 Å². The lowest BCUT2D eigenvalue weighted by atomic mass is 10.4. The van der Waals surface area contributed by atoms with Crippen molar-refractivity contribution >= 4 is 27.5 Å². The Bertz CT molecular complexity index is 37.3. The van der Waals surface area contributed by atoms with Crippen LogP contribution in [0.4, 0.5) is 0 Å². The molecule has 0 aliphatic rings. The minimum atomic E-state index is -0.174. The highest BCUT2D eigenvalue weighted by Crippen LogP contribution is 2.25. The summed E-state index contributed by atoms with van der Waals surface area (Å²) in [5.74, 6) is 0. The SMILES string of the molecule is CC[C@@](C)(Cl)Br. The number of halogens is 2. The van der Waals surface area contributed by atoms with Gasteiger partial charge in [-0.25, -0.2) is 0 Å². The fourth-order valence-corrected chi connectivity index (χ4v) is 0. The summed E-state index contributed by atoms with van der Waals surface area (Å²) < 4.78 is -0.174. The second kappa shape index (κ2) is 2.17. The van der Waals surface area contributed by atoms with Crippen LogP contribution < -0.4 is 0 Å². The highest BCUT2D eigenvalue weighted by atomic mass is 79.9. The van der Waals surface area contributed by atoms with Crippen LogP contribution in [0.15, 0.2) is 0 Å². The number of hydrogen-bond donors (Lipinski definition) is 0. The van der Waals surface area contributed by atoms with E-state index >= 15 is 0 Å². The highest BCUT2D eigenvalue weighted by Gasteiger charge is 2.09. The van der Waals surface area contributed by atoms with Crippen molar-refractivity contribution in [2.24, 2.45) is 0 Å². The third-order valence-corrected chi connectivity index (χ3v) is 1.45. The van der Waals surface area contributed by atoms with Gasteiger partial charge in [0.15, 0.2) is 0 Å². The van der Waals surface area contributed by atoms with Gasteiger partial charge in [-0.2, -0.15) is 0 Å². The molecule has 0 fully saturated rings. The average molecular weight is 171 g/mol. The lowest BCUT2D eigenvalue weighted by Crippen LogP contribution is -1.99. The molecule has 0 saturated heterocycles. The van der Waals surface area contributed by atoms with Crippen LogP contribution in [0.25, 0.3) is 0 Å². The fourth-order valence-electron chi connectivity index (χ4n) is 0. The zero-order chi connectivity index (χ0) is 5.21. The Morgan fingerprint density at radius 1 is 1.83 bits per heavy atom. The van der Waals surface area contributed by atoms with Crippen molar-refractivity contribution < 1.29 is 0 Å². The summed E-state index contributed by atoms with van der Waals surface area (Å²) in [6.07, 6.45) is 0.953. The van der Waals surface area contributed by atoms with Gasteiger partial charge in [0.2, 0.25) is 0 Å². The van der Waals surface area contributed by atoms with Crippen LogP contribution in [0.2, 0.25) is 0 Å². The Hall–Kier alpha value is 0.770. The quantitative estimate of drug-likeness (QED) is 0.532. The first-order valence-corrected chi connectivity index (χ1v) is 3.11. The summed E-state index contributed by atoms with van der Waals surface area (Å²) in [6.45, 7) is 3.95. The maximum Gasteiger partial charge on any atom is 0.0962 e. The second-order valence-corrected chi connectivity index (χ2v) is 4.46. The van der Waals surface area contributed by atoms with Crippen LogP contribution in [0.1, 0.15) is 20.3 Å². The molecule has 0 aliphatic heterocycles. The lowest BCUT2D eigenvalue weighted by molar-refractivity contribution is 0.850. The average Bonchev–Trinajstić information content (AvgIpc) is 1.35. The van der Waals surface area contributed by atoms with E-state index in [2.05, 4.69) is 15.9 Å². The molecule has 0 aliphatic carbocycles. The molecule has 0 heterocycles. The van der Waals surface area contributed by atoms with Crippen LogP contribution in [-0.4, -0.2) is 3.78 Å². The molecular weight excluding hydrogens is 163 g/mol. The van der Waals surface area contributed by atoms with Crippen molar-refractivity contribution in [2.45, 2.75) is 24.1 Å². The molecule has 0 amide bonds. The lowest BCUT2D eigenvalue weighted by Gasteiger charge is -2.06. The molecular formula is C4H8BrCl. The molecule has 0 nitrogen and oxygen atoms in total. The molecule has 0 aromatic rings. The van der Waals surface area contributed by atoms with Gasteiger partial charge in [0, 0.05) is 0 Å². The Kier molecular flexibility index (Phi) is 2.45. The van der Waals surface area contributed by atoms with Crippen LogP contribution in [0.5, 0.6) is 0 Å². The third kappa shape index (κ3) is 4.77. The van der Waals surface area contributed by atoms with E-state index in [1.165, 1.54) is 0 Å². The Balaban J connectivity index is 3.17. The zero-order valence-electron chi connectivity index (χ0n) is 3.96. The standard InChI is InChI=1S/C4H8BrCl/c1-3-4(2,5)6/h3H2,1-2H3/t4-/m1/s1. The van der Waals surface area contributed by atoms with Gasteiger partial charge in [0.1, 0.15) is 0 Å². The minimum Gasteiger partial charge on any atom is -0.107 e.